The smallest absolute Gasteiger partial charge is 0.280 e. The van der Waals surface area contributed by atoms with Crippen LogP contribution in [0.5, 0.6) is 0 Å². The zero-order chi connectivity index (χ0) is 71.7. The number of phosphoric ester groups is 6. The Bertz CT molecular complexity index is 3480. The van der Waals surface area contributed by atoms with Crippen LogP contribution in [-0.2, 0) is 99.8 Å². The quantitative estimate of drug-likeness (QED) is 0.0216. The molecule has 0 spiro atoms. The molecule has 0 aromatic carbocycles. The maximum atomic E-state index is 12.1. The SMILES string of the molecule is COP(=O)([O-])OP(=O)([O-])OC.COP(=O)([O-])OP(=O)([O-])OP(=O)([O-])OC[C@H]1O[C@@H](n2cnc3c(N)ncnc32)C(O)[C@H]1O.Nc1ncnc2c1ncn2[C@@H]1O[C@H](COPOP(=O)([O-])O[C@H]2OC(CO)[C@@H](O)[C@@H](O)C2O)[C@H](O)C1O.O=P([O-])([O-])O[C@H]1OC(CO)[C@@H](O)[C@@H](O)C1O. The van der Waals surface area contributed by atoms with E-state index in [4.69, 9.17) is 40.4 Å². The van der Waals surface area contributed by atoms with Crippen LogP contribution in [0.25, 0.3) is 22.3 Å². The molecule has 8 heterocycles. The highest BCUT2D eigenvalue weighted by Crippen LogP contribution is 2.63. The van der Waals surface area contributed by atoms with Crippen LogP contribution in [0.3, 0.4) is 0 Å². The van der Waals surface area contributed by atoms with Gasteiger partial charge in [-0.15, -0.1) is 0 Å². The number of nitrogens with zero attached hydrogens (tertiary/aromatic N) is 8. The molecule has 4 aromatic rings. The van der Waals surface area contributed by atoms with Gasteiger partial charge in [-0.2, -0.15) is 0 Å². The van der Waals surface area contributed by atoms with Crippen molar-refractivity contribution >= 4 is 97.8 Å². The predicted octanol–water partition coefficient (Wildman–Crippen LogP) is -12.2. The molecule has 16 N–H and O–H groups in total. The number of hydrogen-bond donors (Lipinski definition) is 14. The minimum Gasteiger partial charge on any atom is -0.790 e. The number of aliphatic hydroxyl groups is 12. The number of imidazole rings is 2. The van der Waals surface area contributed by atoms with Crippen molar-refractivity contribution in [2.75, 3.05) is 59.2 Å². The number of aromatic nitrogens is 8. The molecule has 0 amide bonds. The van der Waals surface area contributed by atoms with Gasteiger partial charge in [-0.05, 0) is 0 Å². The molecule has 52 nitrogen and oxygen atoms in total. The third-order valence-electron chi connectivity index (χ3n) is 12.3. The van der Waals surface area contributed by atoms with Crippen LogP contribution in [0, 0.1) is 0 Å². The van der Waals surface area contributed by atoms with Crippen LogP contribution in [0.1, 0.15) is 12.5 Å². The average Bonchev–Trinajstić information content (AvgIpc) is 1.67. The first-order valence-electron chi connectivity index (χ1n) is 25.1. The minimum atomic E-state index is -5.97. The highest BCUT2D eigenvalue weighted by molar-refractivity contribution is 7.65. The number of rotatable bonds is 25. The normalized spacial score (nSPS) is 33.5. The first-order valence-corrected chi connectivity index (χ1v) is 36.2. The van der Waals surface area contributed by atoms with Gasteiger partial charge in [-0.3, -0.25) is 45.4 Å². The molecular weight excluding hydrogens is 1480 g/mol. The summed E-state index contributed by atoms with van der Waals surface area (Å²) in [6, 6.07) is 0. The van der Waals surface area contributed by atoms with Crippen molar-refractivity contribution in [1.29, 1.82) is 0 Å². The molecule has 13 unspecified atom stereocenters. The van der Waals surface area contributed by atoms with Crippen molar-refractivity contribution in [3.63, 3.8) is 0 Å². The van der Waals surface area contributed by atoms with Gasteiger partial charge in [0.15, 0.2) is 57.0 Å². The average molecular weight is 1540 g/mol. The second-order valence-corrected chi connectivity index (χ2v) is 29.7. The maximum absolute atomic E-state index is 12.1. The topological polar surface area (TPSA) is 824 Å². The van der Waals surface area contributed by atoms with Crippen molar-refractivity contribution < 1.29 is 200 Å². The van der Waals surface area contributed by atoms with Crippen LogP contribution in [0.15, 0.2) is 25.3 Å². The Morgan fingerprint density at radius 3 is 1.22 bits per heavy atom. The Hall–Kier alpha value is -2.66. The lowest BCUT2D eigenvalue weighted by molar-refractivity contribution is -0.368. The number of nitrogen functional groups attached to an aromatic ring is 2. The Balaban J connectivity index is 0.000000251. The summed E-state index contributed by atoms with van der Waals surface area (Å²) in [4.78, 5) is 111. The zero-order valence-corrected chi connectivity index (χ0v) is 54.8. The molecule has 4 saturated heterocycles. The Morgan fingerprint density at radius 1 is 0.463 bits per heavy atom. The van der Waals surface area contributed by atoms with Crippen LogP contribution in [0.2, 0.25) is 0 Å². The van der Waals surface area contributed by atoms with Gasteiger partial charge in [0.1, 0.15) is 109 Å². The lowest BCUT2D eigenvalue weighted by Crippen LogP contribution is -2.59. The van der Waals surface area contributed by atoms with E-state index in [0.29, 0.717) is 7.11 Å². The lowest BCUT2D eigenvalue weighted by Gasteiger charge is -2.43. The number of ether oxygens (including phenoxy) is 4. The lowest BCUT2D eigenvalue weighted by atomic mass is 10.00. The second kappa shape index (κ2) is 34.3. The molecule has 0 aliphatic carbocycles. The fourth-order valence-corrected chi connectivity index (χ4v) is 14.2. The van der Waals surface area contributed by atoms with Gasteiger partial charge in [0.25, 0.3) is 46.9 Å². The Labute approximate surface area is 530 Å². The molecule has 4 aliphatic heterocycles. The van der Waals surface area contributed by atoms with E-state index in [9.17, 15) is 122 Å². The standard InChI is InChI=1S/C16H25N5O13P2.C11H18N5O13P3.C6H13O9P.C2H8O7P2/c17-13-7-14(19-3-18-13)21(4-20-7)15-11(26)9(24)6(31-15)2-30-35-34-36(28,29)33-16-12(27)10(25)8(23)5(1-22)32-16;1-25-30(19,20)28-32(23,24)29-31(21,22)26-2-5-7(17)8(18)11(27-5)16-4-15-6-9(12)13-3-14-10(6)16;7-1-2-3(8)4(9)5(10)6(14-2)15-16(11,12)13;1-7-10(3,4)9-11(5,6)8-2/h3-6,8-12,15-16,22-27,35H,1-2H2,(H,28,29)(H2,17,18,19);3-5,7-8,11,17-18H,2H2,1H3,(H,19,20)(H,21,22)(H,23,24)(H2,12,13,14);2-10H,1H2,(H2,11,12,13);1-2H3,(H,3,4)(H,5,6)/p-8/t5?,6-,8-,9+,10-,11?,12?,15-,16-;5-,7+,8?,11-;2?,3-,4-,5?,6-;/m111./s1. The van der Waals surface area contributed by atoms with Gasteiger partial charge in [0, 0.05) is 21.3 Å². The van der Waals surface area contributed by atoms with Crippen molar-refractivity contribution in [3.05, 3.63) is 25.3 Å². The maximum Gasteiger partial charge on any atom is 0.280 e. The van der Waals surface area contributed by atoms with E-state index in [-0.39, 0.29) is 34.0 Å². The summed E-state index contributed by atoms with van der Waals surface area (Å²) in [6.45, 7) is -2.96. The number of fused-ring (bicyclic) bond motifs is 2. The van der Waals surface area contributed by atoms with E-state index in [2.05, 4.69) is 79.0 Å². The summed E-state index contributed by atoms with van der Waals surface area (Å²) in [6.07, 6.45) is -23.9. The number of hydrogen-bond acceptors (Lipinski definition) is 50. The summed E-state index contributed by atoms with van der Waals surface area (Å²) in [5.41, 5.74) is 12.2. The van der Waals surface area contributed by atoms with Crippen molar-refractivity contribution in [2.45, 2.75) is 110 Å². The highest BCUT2D eigenvalue weighted by atomic mass is 31.3. The molecule has 4 aliphatic rings. The molecule has 546 valence electrons. The Morgan fingerprint density at radius 2 is 0.832 bits per heavy atom. The van der Waals surface area contributed by atoms with Gasteiger partial charge >= 0.3 is 0 Å². The molecule has 8 rings (SSSR count). The summed E-state index contributed by atoms with van der Waals surface area (Å²) < 4.78 is 144. The first-order chi connectivity index (χ1) is 43.9. The molecule has 0 radical (unpaired) electrons. The van der Waals surface area contributed by atoms with E-state index < -0.39 is 201 Å². The molecule has 25 atom stereocenters. The number of phosphoric acid groups is 7. The van der Waals surface area contributed by atoms with E-state index in [0.717, 1.165) is 20.5 Å². The Kier molecular flexibility index (Phi) is 30.0. The molecule has 4 aromatic heterocycles. The van der Waals surface area contributed by atoms with Crippen molar-refractivity contribution in [3.8, 4) is 0 Å². The van der Waals surface area contributed by atoms with Crippen LogP contribution < -0.4 is 50.6 Å². The van der Waals surface area contributed by atoms with E-state index in [1.165, 1.54) is 28.1 Å². The van der Waals surface area contributed by atoms with Gasteiger partial charge in [-0.25, -0.2) is 42.8 Å². The molecule has 0 bridgehead atoms. The minimum absolute atomic E-state index is 0.0338. The summed E-state index contributed by atoms with van der Waals surface area (Å²) in [7, 11) is -36.3. The van der Waals surface area contributed by atoms with Crippen molar-refractivity contribution in [2.24, 2.45) is 0 Å². The fraction of sp³-hybridized carbons (Fsp3) is 0.714. The first kappa shape index (κ1) is 83.0. The summed E-state index contributed by atoms with van der Waals surface area (Å²) in [5, 5.41) is 116. The van der Waals surface area contributed by atoms with Crippen LogP contribution in [-0.4, -0.2) is 246 Å². The summed E-state index contributed by atoms with van der Waals surface area (Å²) >= 11 is 0. The molecule has 0 saturated carbocycles. The molecular formula is C35H56N10O42P8-8. The van der Waals surface area contributed by atoms with Gasteiger partial charge < -0.3 is 163 Å². The van der Waals surface area contributed by atoms with Crippen LogP contribution in [0.4, 0.5) is 11.6 Å². The van der Waals surface area contributed by atoms with E-state index in [1.54, 1.807) is 0 Å². The third-order valence-corrected chi connectivity index (χ3v) is 21.3. The number of nitrogens with two attached hydrogens (primary N) is 2. The van der Waals surface area contributed by atoms with Gasteiger partial charge in [0.05, 0.1) is 46.9 Å². The van der Waals surface area contributed by atoms with Crippen LogP contribution >= 0.6 is 63.8 Å². The van der Waals surface area contributed by atoms with Gasteiger partial charge in [0.2, 0.25) is 0 Å². The molecule has 95 heavy (non-hydrogen) atoms. The third kappa shape index (κ3) is 22.9. The summed E-state index contributed by atoms with van der Waals surface area (Å²) in [5.74, 6) is 0.143. The van der Waals surface area contributed by atoms with E-state index >= 15 is 0 Å². The monoisotopic (exact) mass is 1540 g/mol. The molecule has 60 heteroatoms. The predicted molar refractivity (Wildman–Crippen MR) is 280 cm³/mol. The molecule has 4 fully saturated rings. The number of aliphatic hydroxyl groups excluding tert-OH is 12. The van der Waals surface area contributed by atoms with E-state index in [1.807, 2.05) is 0 Å². The fourth-order valence-electron chi connectivity index (χ4n) is 7.75. The highest BCUT2D eigenvalue weighted by Gasteiger charge is 2.49. The van der Waals surface area contributed by atoms with Crippen molar-refractivity contribution in [1.82, 2.24) is 39.0 Å². The van der Waals surface area contributed by atoms with Gasteiger partial charge in [-0.1, -0.05) is 0 Å². The zero-order valence-electron chi connectivity index (χ0n) is 47.5. The largest absolute Gasteiger partial charge is 0.790 e. The number of anilines is 2. The second-order valence-electron chi connectivity index (χ2n) is 18.6.